The second-order valence-corrected chi connectivity index (χ2v) is 5.53. The molecule has 3 aromatic heterocycles. The Labute approximate surface area is 138 Å². The molecule has 4 aromatic rings. The van der Waals surface area contributed by atoms with Gasteiger partial charge in [-0.05, 0) is 30.0 Å². The van der Waals surface area contributed by atoms with Gasteiger partial charge >= 0.3 is 0 Å². The van der Waals surface area contributed by atoms with Crippen LogP contribution in [0.3, 0.4) is 0 Å². The highest BCUT2D eigenvalue weighted by atomic mass is 15.4. The summed E-state index contributed by atoms with van der Waals surface area (Å²) in [6.45, 7) is 3.46. The summed E-state index contributed by atoms with van der Waals surface area (Å²) < 4.78 is 1.82. The first kappa shape index (κ1) is 14.4. The lowest BCUT2D eigenvalue weighted by atomic mass is 10.1. The number of hydrogen-bond donors (Lipinski definition) is 2. The molecule has 2 N–H and O–H groups in total. The van der Waals surface area contributed by atoms with Crippen molar-refractivity contribution in [3.8, 4) is 11.3 Å². The van der Waals surface area contributed by atoms with Gasteiger partial charge < -0.3 is 10.3 Å². The van der Waals surface area contributed by atoms with E-state index in [2.05, 4.69) is 54.8 Å². The van der Waals surface area contributed by atoms with Crippen LogP contribution in [0, 0.1) is 0 Å². The van der Waals surface area contributed by atoms with E-state index in [1.807, 2.05) is 24.0 Å². The molecule has 0 saturated heterocycles. The Morgan fingerprint density at radius 1 is 1.17 bits per heavy atom. The second-order valence-electron chi connectivity index (χ2n) is 5.53. The number of H-pyrrole nitrogens is 1. The van der Waals surface area contributed by atoms with Gasteiger partial charge in [0.2, 0.25) is 5.95 Å². The summed E-state index contributed by atoms with van der Waals surface area (Å²) in [5.74, 6) is 0.618. The number of anilines is 1. The zero-order chi connectivity index (χ0) is 16.4. The van der Waals surface area contributed by atoms with Gasteiger partial charge in [0.05, 0.1) is 12.7 Å². The van der Waals surface area contributed by atoms with E-state index in [1.165, 1.54) is 10.9 Å². The summed E-state index contributed by atoms with van der Waals surface area (Å²) >= 11 is 0. The second kappa shape index (κ2) is 6.11. The standard InChI is InChI=1S/C17H17N7/c1-2-18-17-20-8-14(9-21-17)16-11-24(23-22-16)10-12-3-4-13-5-6-19-15(13)7-12/h3-9,11,19H,2,10H2,1H3,(H,18,20,21). The molecule has 0 atom stereocenters. The van der Waals surface area contributed by atoms with Gasteiger partial charge in [-0.25, -0.2) is 14.6 Å². The Morgan fingerprint density at radius 3 is 2.88 bits per heavy atom. The van der Waals surface area contributed by atoms with Gasteiger partial charge in [0, 0.05) is 36.2 Å². The van der Waals surface area contributed by atoms with Crippen LogP contribution in [0.4, 0.5) is 5.95 Å². The third-order valence-electron chi connectivity index (χ3n) is 3.79. The smallest absolute Gasteiger partial charge is 0.222 e. The predicted molar refractivity (Wildman–Crippen MR) is 92.6 cm³/mol. The van der Waals surface area contributed by atoms with Gasteiger partial charge in [-0.15, -0.1) is 5.10 Å². The molecule has 4 rings (SSSR count). The minimum atomic E-state index is 0.618. The van der Waals surface area contributed by atoms with Gasteiger partial charge in [0.25, 0.3) is 0 Å². The third-order valence-corrected chi connectivity index (χ3v) is 3.79. The number of rotatable bonds is 5. The molecular weight excluding hydrogens is 302 g/mol. The first-order valence-corrected chi connectivity index (χ1v) is 7.84. The molecular formula is C17H17N7. The fourth-order valence-corrected chi connectivity index (χ4v) is 2.60. The number of aromatic amines is 1. The normalized spacial score (nSPS) is 11.0. The zero-order valence-electron chi connectivity index (χ0n) is 13.3. The molecule has 0 aliphatic heterocycles. The zero-order valence-corrected chi connectivity index (χ0v) is 13.3. The van der Waals surface area contributed by atoms with E-state index in [4.69, 9.17) is 0 Å². The Hall–Kier alpha value is -3.22. The van der Waals surface area contributed by atoms with Crippen LogP contribution < -0.4 is 5.32 Å². The number of hydrogen-bond acceptors (Lipinski definition) is 5. The lowest BCUT2D eigenvalue weighted by molar-refractivity contribution is 0.650. The van der Waals surface area contributed by atoms with E-state index in [1.54, 1.807) is 12.4 Å². The highest BCUT2D eigenvalue weighted by Gasteiger charge is 2.06. The molecule has 0 spiro atoms. The topological polar surface area (TPSA) is 84.3 Å². The van der Waals surface area contributed by atoms with Crippen molar-refractivity contribution in [1.29, 1.82) is 0 Å². The lowest BCUT2D eigenvalue weighted by Crippen LogP contribution is -2.01. The summed E-state index contributed by atoms with van der Waals surface area (Å²) in [7, 11) is 0. The molecule has 24 heavy (non-hydrogen) atoms. The molecule has 0 saturated carbocycles. The van der Waals surface area contributed by atoms with Crippen LogP contribution in [0.1, 0.15) is 12.5 Å². The maximum atomic E-state index is 4.26. The monoisotopic (exact) mass is 319 g/mol. The average molecular weight is 319 g/mol. The molecule has 120 valence electrons. The quantitative estimate of drug-likeness (QED) is 0.591. The minimum Gasteiger partial charge on any atom is -0.361 e. The largest absolute Gasteiger partial charge is 0.361 e. The SMILES string of the molecule is CCNc1ncc(-c2cn(Cc3ccc4cc[nH]c4c3)nn2)cn1. The van der Waals surface area contributed by atoms with E-state index in [0.29, 0.717) is 12.5 Å². The van der Waals surface area contributed by atoms with Crippen molar-refractivity contribution >= 4 is 16.9 Å². The number of aromatic nitrogens is 6. The van der Waals surface area contributed by atoms with Crippen LogP contribution >= 0.6 is 0 Å². The maximum Gasteiger partial charge on any atom is 0.222 e. The van der Waals surface area contributed by atoms with Crippen LogP contribution in [-0.4, -0.2) is 36.5 Å². The van der Waals surface area contributed by atoms with Gasteiger partial charge in [-0.1, -0.05) is 17.3 Å². The molecule has 0 aliphatic carbocycles. The molecule has 3 heterocycles. The molecule has 0 amide bonds. The first-order chi connectivity index (χ1) is 11.8. The van der Waals surface area contributed by atoms with Gasteiger partial charge in [-0.2, -0.15) is 0 Å². The molecule has 1 aromatic carbocycles. The summed E-state index contributed by atoms with van der Waals surface area (Å²) in [6.07, 6.45) is 7.36. The van der Waals surface area contributed by atoms with Crippen LogP contribution in [0.2, 0.25) is 0 Å². The van der Waals surface area contributed by atoms with E-state index in [0.717, 1.165) is 23.3 Å². The molecule has 0 bridgehead atoms. The number of benzene rings is 1. The average Bonchev–Trinajstić information content (AvgIpc) is 3.25. The Morgan fingerprint density at radius 2 is 2.04 bits per heavy atom. The van der Waals surface area contributed by atoms with Gasteiger partial charge in [-0.3, -0.25) is 0 Å². The molecule has 7 heteroatoms. The minimum absolute atomic E-state index is 0.618. The lowest BCUT2D eigenvalue weighted by Gasteiger charge is -2.02. The summed E-state index contributed by atoms with van der Waals surface area (Å²) in [5.41, 5.74) is 3.90. The Balaban J connectivity index is 1.53. The highest BCUT2D eigenvalue weighted by Crippen LogP contribution is 2.17. The first-order valence-electron chi connectivity index (χ1n) is 7.84. The summed E-state index contributed by atoms with van der Waals surface area (Å²) in [5, 5.41) is 12.7. The number of nitrogens with one attached hydrogen (secondary N) is 2. The third kappa shape index (κ3) is 2.83. The van der Waals surface area contributed by atoms with Crippen molar-refractivity contribution in [1.82, 2.24) is 29.9 Å². The molecule has 0 unspecified atom stereocenters. The van der Waals surface area contributed by atoms with Gasteiger partial charge in [0.1, 0.15) is 5.69 Å². The van der Waals surface area contributed by atoms with E-state index < -0.39 is 0 Å². The van der Waals surface area contributed by atoms with Crippen molar-refractivity contribution in [2.45, 2.75) is 13.5 Å². The molecule has 0 aliphatic rings. The number of nitrogens with zero attached hydrogens (tertiary/aromatic N) is 5. The predicted octanol–water partition coefficient (Wildman–Crippen LogP) is 2.70. The van der Waals surface area contributed by atoms with Crippen LogP contribution in [0.25, 0.3) is 22.2 Å². The van der Waals surface area contributed by atoms with Crippen LogP contribution in [0.15, 0.2) is 49.1 Å². The van der Waals surface area contributed by atoms with E-state index >= 15 is 0 Å². The Kier molecular flexibility index (Phi) is 3.66. The maximum absolute atomic E-state index is 4.26. The van der Waals surface area contributed by atoms with E-state index in [9.17, 15) is 0 Å². The van der Waals surface area contributed by atoms with Crippen LogP contribution in [-0.2, 0) is 6.54 Å². The fraction of sp³-hybridized carbons (Fsp3) is 0.176. The van der Waals surface area contributed by atoms with Crippen molar-refractivity contribution in [3.63, 3.8) is 0 Å². The molecule has 0 fully saturated rings. The highest BCUT2D eigenvalue weighted by molar-refractivity contribution is 5.79. The van der Waals surface area contributed by atoms with Crippen molar-refractivity contribution in [2.24, 2.45) is 0 Å². The van der Waals surface area contributed by atoms with Crippen molar-refractivity contribution in [3.05, 3.63) is 54.6 Å². The van der Waals surface area contributed by atoms with Crippen molar-refractivity contribution in [2.75, 3.05) is 11.9 Å². The Bertz CT molecular complexity index is 952. The molecule has 7 nitrogen and oxygen atoms in total. The van der Waals surface area contributed by atoms with E-state index in [-0.39, 0.29) is 0 Å². The summed E-state index contributed by atoms with van der Waals surface area (Å²) in [6, 6.07) is 8.40. The number of fused-ring (bicyclic) bond motifs is 1. The van der Waals surface area contributed by atoms with Gasteiger partial charge in [0.15, 0.2) is 0 Å². The molecule has 0 radical (unpaired) electrons. The van der Waals surface area contributed by atoms with Crippen molar-refractivity contribution < 1.29 is 0 Å². The van der Waals surface area contributed by atoms with Crippen LogP contribution in [0.5, 0.6) is 0 Å². The summed E-state index contributed by atoms with van der Waals surface area (Å²) in [4.78, 5) is 11.8. The fourth-order valence-electron chi connectivity index (χ4n) is 2.60.